The molecule has 1 saturated carbocycles. The molecule has 3 nitrogen and oxygen atoms in total. The molecule has 0 radical (unpaired) electrons. The van der Waals surface area contributed by atoms with Crippen LogP contribution in [0.3, 0.4) is 0 Å². The molecule has 4 rings (SSSR count). The summed E-state index contributed by atoms with van der Waals surface area (Å²) in [5, 5.41) is 14.1. The topological polar surface area (TPSA) is 49.3 Å². The van der Waals surface area contributed by atoms with Crippen molar-refractivity contribution in [3.63, 3.8) is 0 Å². The molecule has 2 N–H and O–H groups in total. The van der Waals surface area contributed by atoms with Crippen molar-refractivity contribution in [1.29, 1.82) is 0 Å². The Kier molecular flexibility index (Phi) is 3.03. The smallest absolute Gasteiger partial charge is 0.256 e. The van der Waals surface area contributed by atoms with Gasteiger partial charge in [0.25, 0.3) is 5.91 Å². The summed E-state index contributed by atoms with van der Waals surface area (Å²) in [6.45, 7) is 1.95. The molecule has 1 aliphatic heterocycles. The second-order valence-electron chi connectivity index (χ2n) is 6.30. The number of carbonyl (C=O) groups excluding carboxylic acids is 1. The lowest BCUT2D eigenvalue weighted by molar-refractivity contribution is -0.115. The van der Waals surface area contributed by atoms with Crippen LogP contribution >= 0.6 is 11.6 Å². The first-order valence-corrected chi connectivity index (χ1v) is 8.01. The van der Waals surface area contributed by atoms with E-state index in [4.69, 9.17) is 11.6 Å². The average molecular weight is 326 g/mol. The highest BCUT2D eigenvalue weighted by atomic mass is 35.5. The monoisotopic (exact) mass is 325 g/mol. The fourth-order valence-corrected chi connectivity index (χ4v) is 3.26. The van der Waals surface area contributed by atoms with Crippen molar-refractivity contribution in [2.24, 2.45) is 0 Å². The Balaban J connectivity index is 1.83. The SMILES string of the molecule is Cc1ccc(-c2ccc(Cl)cc2)cc1C1=C(O)C2(CC2)NC1=O. The van der Waals surface area contributed by atoms with Crippen LogP contribution in [0.2, 0.25) is 5.02 Å². The van der Waals surface area contributed by atoms with Gasteiger partial charge < -0.3 is 10.4 Å². The highest BCUT2D eigenvalue weighted by Crippen LogP contribution is 2.48. The third-order valence-corrected chi connectivity index (χ3v) is 4.96. The number of hydrogen-bond donors (Lipinski definition) is 2. The van der Waals surface area contributed by atoms with E-state index in [-0.39, 0.29) is 11.7 Å². The summed E-state index contributed by atoms with van der Waals surface area (Å²) in [4.78, 5) is 12.3. The number of aryl methyl sites for hydroxylation is 1. The molecule has 0 saturated heterocycles. The minimum atomic E-state index is -0.491. The first kappa shape index (κ1) is 14.3. The summed E-state index contributed by atoms with van der Waals surface area (Å²) in [6.07, 6.45) is 1.62. The van der Waals surface area contributed by atoms with Gasteiger partial charge in [-0.3, -0.25) is 4.79 Å². The van der Waals surface area contributed by atoms with Crippen molar-refractivity contribution in [1.82, 2.24) is 5.32 Å². The molecule has 1 amide bonds. The van der Waals surface area contributed by atoms with Gasteiger partial charge >= 0.3 is 0 Å². The first-order valence-electron chi connectivity index (χ1n) is 7.63. The Morgan fingerprint density at radius 2 is 1.74 bits per heavy atom. The normalized spacial score (nSPS) is 18.4. The van der Waals surface area contributed by atoms with Crippen molar-refractivity contribution in [3.8, 4) is 11.1 Å². The van der Waals surface area contributed by atoms with Gasteiger partial charge in [-0.05, 0) is 60.2 Å². The Bertz CT molecular complexity index is 848. The molecule has 1 fully saturated rings. The predicted molar refractivity (Wildman–Crippen MR) is 91.3 cm³/mol. The standard InChI is InChI=1S/C19H16ClNO2/c1-11-2-3-13(12-4-6-14(20)7-5-12)10-15(11)16-17(22)19(8-9-19)21-18(16)23/h2-7,10,22H,8-9H2,1H3,(H,21,23). The Morgan fingerprint density at radius 1 is 1.09 bits per heavy atom. The second kappa shape index (κ2) is 4.87. The number of nitrogens with one attached hydrogen (secondary N) is 1. The molecule has 23 heavy (non-hydrogen) atoms. The number of halogens is 1. The van der Waals surface area contributed by atoms with Gasteiger partial charge in [0.15, 0.2) is 0 Å². The summed E-state index contributed by atoms with van der Waals surface area (Å²) in [6, 6.07) is 13.5. The van der Waals surface area contributed by atoms with Gasteiger partial charge in [0, 0.05) is 5.02 Å². The third kappa shape index (κ3) is 2.23. The highest BCUT2D eigenvalue weighted by molar-refractivity contribution is 6.30. The molecule has 0 bridgehead atoms. The maximum absolute atomic E-state index is 12.3. The molecular formula is C19H16ClNO2. The molecule has 1 heterocycles. The molecule has 0 atom stereocenters. The van der Waals surface area contributed by atoms with Crippen LogP contribution in [0.1, 0.15) is 24.0 Å². The number of rotatable bonds is 2. The van der Waals surface area contributed by atoms with E-state index in [9.17, 15) is 9.90 Å². The van der Waals surface area contributed by atoms with E-state index < -0.39 is 5.54 Å². The number of aliphatic hydroxyl groups is 1. The summed E-state index contributed by atoms with van der Waals surface area (Å²) >= 11 is 5.94. The van der Waals surface area contributed by atoms with Crippen molar-refractivity contribution in [2.45, 2.75) is 25.3 Å². The summed E-state index contributed by atoms with van der Waals surface area (Å²) < 4.78 is 0. The van der Waals surface area contributed by atoms with Gasteiger partial charge in [-0.1, -0.05) is 35.9 Å². The van der Waals surface area contributed by atoms with Crippen molar-refractivity contribution < 1.29 is 9.90 Å². The lowest BCUT2D eigenvalue weighted by Crippen LogP contribution is -2.30. The van der Waals surface area contributed by atoms with Crippen LogP contribution in [0.5, 0.6) is 0 Å². The fourth-order valence-electron chi connectivity index (χ4n) is 3.14. The molecule has 2 aromatic carbocycles. The Morgan fingerprint density at radius 3 is 2.35 bits per heavy atom. The average Bonchev–Trinajstić information content (AvgIpc) is 3.26. The Labute approximate surface area is 139 Å². The summed E-state index contributed by atoms with van der Waals surface area (Å²) in [5.41, 5.74) is 3.70. The zero-order valence-corrected chi connectivity index (χ0v) is 13.4. The van der Waals surface area contributed by atoms with Crippen molar-refractivity contribution in [2.75, 3.05) is 0 Å². The largest absolute Gasteiger partial charge is 0.509 e. The van der Waals surface area contributed by atoms with Crippen LogP contribution in [-0.2, 0) is 4.79 Å². The Hall–Kier alpha value is -2.26. The van der Waals surface area contributed by atoms with E-state index in [0.29, 0.717) is 10.6 Å². The van der Waals surface area contributed by atoms with Crippen LogP contribution in [0, 0.1) is 6.92 Å². The molecule has 116 valence electrons. The van der Waals surface area contributed by atoms with Gasteiger partial charge in [0.1, 0.15) is 5.76 Å². The molecule has 0 unspecified atom stereocenters. The molecule has 2 aromatic rings. The van der Waals surface area contributed by atoms with E-state index in [1.54, 1.807) is 0 Å². The van der Waals surface area contributed by atoms with Crippen molar-refractivity contribution >= 4 is 23.1 Å². The van der Waals surface area contributed by atoms with Gasteiger partial charge in [-0.25, -0.2) is 0 Å². The van der Waals surface area contributed by atoms with Gasteiger partial charge in [-0.2, -0.15) is 0 Å². The second-order valence-corrected chi connectivity index (χ2v) is 6.73. The summed E-state index contributed by atoms with van der Waals surface area (Å²) in [5.74, 6) is 0.00946. The van der Waals surface area contributed by atoms with E-state index in [1.165, 1.54) is 0 Å². The molecule has 0 aromatic heterocycles. The highest BCUT2D eigenvalue weighted by Gasteiger charge is 2.54. The van der Waals surface area contributed by atoms with Crippen LogP contribution in [0.4, 0.5) is 0 Å². The minimum absolute atomic E-state index is 0.184. The van der Waals surface area contributed by atoms with E-state index >= 15 is 0 Å². The fraction of sp³-hybridized carbons (Fsp3) is 0.211. The zero-order chi connectivity index (χ0) is 16.2. The number of benzene rings is 2. The number of carbonyl (C=O) groups is 1. The summed E-state index contributed by atoms with van der Waals surface area (Å²) in [7, 11) is 0. The maximum atomic E-state index is 12.3. The third-order valence-electron chi connectivity index (χ3n) is 4.70. The van der Waals surface area contributed by atoms with Crippen LogP contribution in [0.25, 0.3) is 16.7 Å². The molecular weight excluding hydrogens is 310 g/mol. The lowest BCUT2D eigenvalue weighted by atomic mass is 9.94. The van der Waals surface area contributed by atoms with Crippen molar-refractivity contribution in [3.05, 3.63) is 64.4 Å². The molecule has 1 aliphatic carbocycles. The molecule has 2 aliphatic rings. The number of amides is 1. The lowest BCUT2D eigenvalue weighted by Gasteiger charge is -2.10. The first-order chi connectivity index (χ1) is 11.0. The number of hydrogen-bond acceptors (Lipinski definition) is 2. The van der Waals surface area contributed by atoms with E-state index in [0.717, 1.165) is 35.1 Å². The number of aliphatic hydroxyl groups excluding tert-OH is 1. The predicted octanol–water partition coefficient (Wildman–Crippen LogP) is 4.25. The maximum Gasteiger partial charge on any atom is 0.256 e. The van der Waals surface area contributed by atoms with Gasteiger partial charge in [-0.15, -0.1) is 0 Å². The zero-order valence-electron chi connectivity index (χ0n) is 12.7. The minimum Gasteiger partial charge on any atom is -0.509 e. The van der Waals surface area contributed by atoms with Crippen LogP contribution in [0.15, 0.2) is 48.2 Å². The van der Waals surface area contributed by atoms with Gasteiger partial charge in [0.2, 0.25) is 0 Å². The van der Waals surface area contributed by atoms with E-state index in [1.807, 2.05) is 49.4 Å². The van der Waals surface area contributed by atoms with Crippen LogP contribution < -0.4 is 5.32 Å². The van der Waals surface area contributed by atoms with Gasteiger partial charge in [0.05, 0.1) is 11.1 Å². The molecule has 1 spiro atoms. The quantitative estimate of drug-likeness (QED) is 0.867. The molecule has 4 heteroatoms. The van der Waals surface area contributed by atoms with Crippen LogP contribution in [-0.4, -0.2) is 16.6 Å². The van der Waals surface area contributed by atoms with E-state index in [2.05, 4.69) is 5.32 Å².